The second-order valence-electron chi connectivity index (χ2n) is 5.32. The molecule has 2 aliphatic heterocycles. The highest BCUT2D eigenvalue weighted by Crippen LogP contribution is 2.50. The third-order valence-electron chi connectivity index (χ3n) is 4.34. The van der Waals surface area contributed by atoms with Gasteiger partial charge in [-0.2, -0.15) is 0 Å². The molecule has 0 aliphatic carbocycles. The first-order chi connectivity index (χ1) is 8.29. The van der Waals surface area contributed by atoms with Crippen LogP contribution in [-0.2, 0) is 18.5 Å². The van der Waals surface area contributed by atoms with E-state index in [9.17, 15) is 0 Å². The summed E-state index contributed by atoms with van der Waals surface area (Å²) in [4.78, 5) is 2.56. The molecule has 1 heteroatoms. The van der Waals surface area contributed by atoms with Crippen molar-refractivity contribution < 1.29 is 0 Å². The SMILES string of the molecule is C[C@]12Cc3ccccc3N1Cc1ccccc12. The lowest BCUT2D eigenvalue weighted by molar-refractivity contribution is 0.498. The number of fused-ring (bicyclic) bond motifs is 5. The lowest BCUT2D eigenvalue weighted by atomic mass is 9.88. The zero-order chi connectivity index (χ0) is 11.5. The molecule has 0 radical (unpaired) electrons. The van der Waals surface area contributed by atoms with Crippen molar-refractivity contribution in [2.45, 2.75) is 25.4 Å². The Morgan fingerprint density at radius 3 is 2.53 bits per heavy atom. The van der Waals surface area contributed by atoms with E-state index in [1.54, 1.807) is 0 Å². The molecule has 0 saturated carbocycles. The minimum absolute atomic E-state index is 0.181. The molecule has 17 heavy (non-hydrogen) atoms. The molecule has 0 spiro atoms. The molecule has 1 nitrogen and oxygen atoms in total. The molecule has 4 rings (SSSR count). The van der Waals surface area contributed by atoms with Crippen LogP contribution in [0.4, 0.5) is 5.69 Å². The van der Waals surface area contributed by atoms with Crippen LogP contribution in [0.3, 0.4) is 0 Å². The Kier molecular flexibility index (Phi) is 1.60. The van der Waals surface area contributed by atoms with Crippen molar-refractivity contribution in [2.24, 2.45) is 0 Å². The van der Waals surface area contributed by atoms with Gasteiger partial charge in [0.05, 0.1) is 5.54 Å². The van der Waals surface area contributed by atoms with Gasteiger partial charge >= 0.3 is 0 Å². The van der Waals surface area contributed by atoms with Gasteiger partial charge in [0.25, 0.3) is 0 Å². The maximum Gasteiger partial charge on any atom is 0.0673 e. The lowest BCUT2D eigenvalue weighted by Gasteiger charge is -2.30. The van der Waals surface area contributed by atoms with Gasteiger partial charge in [-0.15, -0.1) is 0 Å². The van der Waals surface area contributed by atoms with E-state index in [-0.39, 0.29) is 5.54 Å². The predicted octanol–water partition coefficient (Wildman–Crippen LogP) is 3.48. The molecular weight excluding hydrogens is 206 g/mol. The molecule has 0 bridgehead atoms. The molecule has 0 amide bonds. The Balaban J connectivity index is 1.93. The summed E-state index contributed by atoms with van der Waals surface area (Å²) in [7, 11) is 0. The maximum absolute atomic E-state index is 2.56. The first-order valence-electron chi connectivity index (χ1n) is 6.23. The minimum atomic E-state index is 0.181. The summed E-state index contributed by atoms with van der Waals surface area (Å²) in [6.45, 7) is 3.43. The van der Waals surface area contributed by atoms with Crippen molar-refractivity contribution in [3.63, 3.8) is 0 Å². The van der Waals surface area contributed by atoms with Crippen LogP contribution < -0.4 is 4.90 Å². The molecule has 0 unspecified atom stereocenters. The normalized spacial score (nSPS) is 24.4. The highest BCUT2D eigenvalue weighted by atomic mass is 15.2. The van der Waals surface area contributed by atoms with Gasteiger partial charge in [0.15, 0.2) is 0 Å². The Labute approximate surface area is 102 Å². The summed E-state index contributed by atoms with van der Waals surface area (Å²) in [5, 5.41) is 0. The summed E-state index contributed by atoms with van der Waals surface area (Å²) in [6, 6.07) is 17.7. The molecule has 0 N–H and O–H groups in total. The first kappa shape index (κ1) is 9.29. The first-order valence-corrected chi connectivity index (χ1v) is 6.23. The Hall–Kier alpha value is -1.76. The Morgan fingerprint density at radius 1 is 0.941 bits per heavy atom. The fourth-order valence-electron chi connectivity index (χ4n) is 3.51. The molecular formula is C16H15N. The zero-order valence-corrected chi connectivity index (χ0v) is 9.98. The van der Waals surface area contributed by atoms with Crippen LogP contribution in [0, 0.1) is 0 Å². The molecule has 2 heterocycles. The van der Waals surface area contributed by atoms with Gasteiger partial charge in [-0.25, -0.2) is 0 Å². The van der Waals surface area contributed by atoms with E-state index in [4.69, 9.17) is 0 Å². The van der Waals surface area contributed by atoms with Crippen LogP contribution in [0.2, 0.25) is 0 Å². The van der Waals surface area contributed by atoms with Crippen LogP contribution in [0.15, 0.2) is 48.5 Å². The van der Waals surface area contributed by atoms with Crippen molar-refractivity contribution in [1.29, 1.82) is 0 Å². The van der Waals surface area contributed by atoms with E-state index < -0.39 is 0 Å². The summed E-state index contributed by atoms with van der Waals surface area (Å²) < 4.78 is 0. The Morgan fingerprint density at radius 2 is 1.65 bits per heavy atom. The molecule has 1 atom stereocenters. The van der Waals surface area contributed by atoms with E-state index in [0.29, 0.717) is 0 Å². The molecule has 0 fully saturated rings. The van der Waals surface area contributed by atoms with Crippen molar-refractivity contribution in [3.8, 4) is 0 Å². The second-order valence-corrected chi connectivity index (χ2v) is 5.32. The van der Waals surface area contributed by atoms with E-state index in [2.05, 4.69) is 60.4 Å². The molecule has 0 aromatic heterocycles. The fourth-order valence-corrected chi connectivity index (χ4v) is 3.51. The van der Waals surface area contributed by atoms with Crippen LogP contribution in [0.5, 0.6) is 0 Å². The zero-order valence-electron chi connectivity index (χ0n) is 9.98. The molecule has 2 aromatic carbocycles. The minimum Gasteiger partial charge on any atom is -0.357 e. The topological polar surface area (TPSA) is 3.24 Å². The van der Waals surface area contributed by atoms with Gasteiger partial charge in [-0.3, -0.25) is 0 Å². The van der Waals surface area contributed by atoms with Gasteiger partial charge in [-0.05, 0) is 29.7 Å². The quantitative estimate of drug-likeness (QED) is 0.658. The van der Waals surface area contributed by atoms with Crippen LogP contribution in [0.25, 0.3) is 0 Å². The molecule has 2 aromatic rings. The number of hydrogen-bond acceptors (Lipinski definition) is 1. The summed E-state index contributed by atoms with van der Waals surface area (Å²) in [5.41, 5.74) is 6.09. The summed E-state index contributed by atoms with van der Waals surface area (Å²) in [6.07, 6.45) is 1.14. The second kappa shape index (κ2) is 2.92. The Bertz CT molecular complexity index is 602. The van der Waals surface area contributed by atoms with E-state index in [1.807, 2.05) is 0 Å². The number of hydrogen-bond donors (Lipinski definition) is 0. The number of nitrogens with zero attached hydrogens (tertiary/aromatic N) is 1. The molecule has 84 valence electrons. The standard InChI is InChI=1S/C16H15N/c1-16-10-12-6-3-5-9-15(12)17(16)11-13-7-2-4-8-14(13)16/h2-9H,10-11H2,1H3/t16-/m1/s1. The lowest BCUT2D eigenvalue weighted by Crippen LogP contribution is -2.34. The third-order valence-corrected chi connectivity index (χ3v) is 4.34. The maximum atomic E-state index is 2.56. The smallest absolute Gasteiger partial charge is 0.0673 e. The van der Waals surface area contributed by atoms with Gasteiger partial charge in [0, 0.05) is 18.7 Å². The van der Waals surface area contributed by atoms with Crippen molar-refractivity contribution in [2.75, 3.05) is 4.90 Å². The summed E-state index contributed by atoms with van der Waals surface area (Å²) in [5.74, 6) is 0. The molecule has 0 saturated heterocycles. The van der Waals surface area contributed by atoms with E-state index in [1.165, 1.54) is 22.4 Å². The van der Waals surface area contributed by atoms with E-state index >= 15 is 0 Å². The van der Waals surface area contributed by atoms with Crippen molar-refractivity contribution in [3.05, 3.63) is 65.2 Å². The van der Waals surface area contributed by atoms with Crippen LogP contribution >= 0.6 is 0 Å². The van der Waals surface area contributed by atoms with E-state index in [0.717, 1.165) is 13.0 Å². The van der Waals surface area contributed by atoms with Gasteiger partial charge in [0.2, 0.25) is 0 Å². The molecule has 2 aliphatic rings. The average molecular weight is 221 g/mol. The monoisotopic (exact) mass is 221 g/mol. The van der Waals surface area contributed by atoms with Gasteiger partial charge in [-0.1, -0.05) is 42.5 Å². The summed E-state index contributed by atoms with van der Waals surface area (Å²) >= 11 is 0. The number of rotatable bonds is 0. The number of benzene rings is 2. The average Bonchev–Trinajstić information content (AvgIpc) is 2.79. The number of anilines is 1. The predicted molar refractivity (Wildman–Crippen MR) is 70.1 cm³/mol. The van der Waals surface area contributed by atoms with Crippen molar-refractivity contribution in [1.82, 2.24) is 0 Å². The van der Waals surface area contributed by atoms with Gasteiger partial charge in [0.1, 0.15) is 0 Å². The van der Waals surface area contributed by atoms with Crippen LogP contribution in [0.1, 0.15) is 23.6 Å². The largest absolute Gasteiger partial charge is 0.357 e. The van der Waals surface area contributed by atoms with Crippen LogP contribution in [-0.4, -0.2) is 0 Å². The highest BCUT2D eigenvalue weighted by molar-refractivity contribution is 5.67. The third kappa shape index (κ3) is 1.04. The highest BCUT2D eigenvalue weighted by Gasteiger charge is 2.46. The van der Waals surface area contributed by atoms with Gasteiger partial charge < -0.3 is 4.90 Å². The fraction of sp³-hybridized carbons (Fsp3) is 0.250. The van der Waals surface area contributed by atoms with Crippen molar-refractivity contribution >= 4 is 5.69 Å². The number of para-hydroxylation sites is 1.